The van der Waals surface area contributed by atoms with Crippen molar-refractivity contribution in [1.82, 2.24) is 4.90 Å². The van der Waals surface area contributed by atoms with Gasteiger partial charge in [0.15, 0.2) is 0 Å². The van der Waals surface area contributed by atoms with Gasteiger partial charge in [0.2, 0.25) is 15.9 Å². The first kappa shape index (κ1) is 22.8. The number of rotatable bonds is 6. The van der Waals surface area contributed by atoms with Crippen LogP contribution in [0.5, 0.6) is 0 Å². The second kappa shape index (κ2) is 9.51. The fourth-order valence-electron chi connectivity index (χ4n) is 3.86. The molecule has 2 aromatic carbocycles. The predicted octanol–water partition coefficient (Wildman–Crippen LogP) is 3.33. The molecular formula is C23H29N3O4S. The molecule has 31 heavy (non-hydrogen) atoms. The van der Waals surface area contributed by atoms with Crippen LogP contribution < -0.4 is 9.62 Å². The number of para-hydroxylation sites is 1. The van der Waals surface area contributed by atoms with Crippen molar-refractivity contribution in [3.63, 3.8) is 0 Å². The molecule has 0 radical (unpaired) electrons. The third-order valence-corrected chi connectivity index (χ3v) is 6.40. The Hall–Kier alpha value is -2.87. The number of sulfonamides is 1. The summed E-state index contributed by atoms with van der Waals surface area (Å²) in [4.78, 5) is 27.6. The van der Waals surface area contributed by atoms with E-state index in [0.29, 0.717) is 30.0 Å². The van der Waals surface area contributed by atoms with Crippen molar-refractivity contribution in [2.45, 2.75) is 33.1 Å². The Kier molecular flexibility index (Phi) is 7.00. The van der Waals surface area contributed by atoms with E-state index in [1.807, 2.05) is 19.9 Å². The van der Waals surface area contributed by atoms with Gasteiger partial charge in [-0.25, -0.2) is 8.42 Å². The van der Waals surface area contributed by atoms with Crippen molar-refractivity contribution in [3.8, 4) is 0 Å². The van der Waals surface area contributed by atoms with Gasteiger partial charge in [0.25, 0.3) is 5.91 Å². The molecule has 1 fully saturated rings. The monoisotopic (exact) mass is 443 g/mol. The van der Waals surface area contributed by atoms with Crippen LogP contribution in [0.3, 0.4) is 0 Å². The van der Waals surface area contributed by atoms with E-state index in [1.54, 1.807) is 41.3 Å². The predicted molar refractivity (Wildman–Crippen MR) is 123 cm³/mol. The number of benzene rings is 2. The second-order valence-electron chi connectivity index (χ2n) is 8.06. The van der Waals surface area contributed by atoms with Crippen molar-refractivity contribution in [1.29, 1.82) is 0 Å². The number of hydrogen-bond donors (Lipinski definition) is 1. The SMILES string of the molecule is Cc1cc(C)cc(N(CC(=O)Nc2ccccc2C(=O)N2CCCCC2)S(C)(=O)=O)c1. The highest BCUT2D eigenvalue weighted by molar-refractivity contribution is 7.92. The summed E-state index contributed by atoms with van der Waals surface area (Å²) in [6.07, 6.45) is 4.13. The lowest BCUT2D eigenvalue weighted by Crippen LogP contribution is -2.38. The fraction of sp³-hybridized carbons (Fsp3) is 0.391. The zero-order chi connectivity index (χ0) is 22.6. The highest BCUT2D eigenvalue weighted by atomic mass is 32.2. The van der Waals surface area contributed by atoms with Gasteiger partial charge in [-0.2, -0.15) is 0 Å². The molecule has 1 aliphatic rings. The molecule has 1 N–H and O–H groups in total. The summed E-state index contributed by atoms with van der Waals surface area (Å²) >= 11 is 0. The van der Waals surface area contributed by atoms with Crippen LogP contribution in [0.4, 0.5) is 11.4 Å². The molecule has 1 heterocycles. The Balaban J connectivity index is 1.81. The fourth-order valence-corrected chi connectivity index (χ4v) is 4.70. The number of aryl methyl sites for hydroxylation is 2. The Morgan fingerprint density at radius 1 is 1.00 bits per heavy atom. The van der Waals surface area contributed by atoms with E-state index >= 15 is 0 Å². The summed E-state index contributed by atoms with van der Waals surface area (Å²) in [6, 6.07) is 12.2. The quantitative estimate of drug-likeness (QED) is 0.742. The average molecular weight is 444 g/mol. The minimum Gasteiger partial charge on any atom is -0.339 e. The van der Waals surface area contributed by atoms with Gasteiger partial charge in [-0.1, -0.05) is 18.2 Å². The first-order valence-electron chi connectivity index (χ1n) is 10.4. The summed E-state index contributed by atoms with van der Waals surface area (Å²) in [7, 11) is -3.69. The van der Waals surface area contributed by atoms with Crippen LogP contribution in [0.15, 0.2) is 42.5 Å². The molecule has 0 aromatic heterocycles. The molecule has 3 rings (SSSR count). The minimum absolute atomic E-state index is 0.120. The van der Waals surface area contributed by atoms with Crippen LogP contribution in [0, 0.1) is 13.8 Å². The van der Waals surface area contributed by atoms with Crippen LogP contribution in [-0.2, 0) is 14.8 Å². The van der Waals surface area contributed by atoms with Gasteiger partial charge in [0, 0.05) is 13.1 Å². The number of carbonyl (C=O) groups is 2. The number of piperidine rings is 1. The molecule has 1 saturated heterocycles. The average Bonchev–Trinajstić information content (AvgIpc) is 2.71. The van der Waals surface area contributed by atoms with E-state index in [1.165, 1.54) is 0 Å². The van der Waals surface area contributed by atoms with Crippen LogP contribution in [0.25, 0.3) is 0 Å². The summed E-state index contributed by atoms with van der Waals surface area (Å²) in [5.74, 6) is -0.631. The van der Waals surface area contributed by atoms with Crippen LogP contribution in [-0.4, -0.2) is 51.0 Å². The van der Waals surface area contributed by atoms with E-state index in [4.69, 9.17) is 0 Å². The summed E-state index contributed by atoms with van der Waals surface area (Å²) in [5, 5.41) is 2.74. The highest BCUT2D eigenvalue weighted by Crippen LogP contribution is 2.23. The zero-order valence-electron chi connectivity index (χ0n) is 18.2. The van der Waals surface area contributed by atoms with Crippen LogP contribution in [0.2, 0.25) is 0 Å². The maximum Gasteiger partial charge on any atom is 0.255 e. The molecule has 2 aromatic rings. The number of nitrogens with one attached hydrogen (secondary N) is 1. The standard InChI is InChI=1S/C23H29N3O4S/c1-17-13-18(2)15-19(14-17)26(31(3,29)30)16-22(27)24-21-10-6-5-9-20(21)23(28)25-11-7-4-8-12-25/h5-6,9-10,13-15H,4,7-8,11-12,16H2,1-3H3,(H,24,27). The number of carbonyl (C=O) groups excluding carboxylic acids is 2. The lowest BCUT2D eigenvalue weighted by Gasteiger charge is -2.27. The first-order valence-corrected chi connectivity index (χ1v) is 12.2. The summed E-state index contributed by atoms with van der Waals surface area (Å²) in [5.41, 5.74) is 3.04. The molecule has 0 spiro atoms. The Labute approximate surface area is 184 Å². The van der Waals surface area contributed by atoms with Gasteiger partial charge in [0.1, 0.15) is 6.54 Å². The van der Waals surface area contributed by atoms with Crippen molar-refractivity contribution in [3.05, 3.63) is 59.2 Å². The van der Waals surface area contributed by atoms with Gasteiger partial charge >= 0.3 is 0 Å². The van der Waals surface area contributed by atoms with Crippen molar-refractivity contribution >= 4 is 33.2 Å². The van der Waals surface area contributed by atoms with Crippen molar-refractivity contribution < 1.29 is 18.0 Å². The first-order chi connectivity index (χ1) is 14.6. The van der Waals surface area contributed by atoms with Gasteiger partial charge in [-0.05, 0) is 68.5 Å². The molecule has 7 nitrogen and oxygen atoms in total. The Bertz CT molecular complexity index is 1060. The Morgan fingerprint density at radius 3 is 2.23 bits per heavy atom. The van der Waals surface area contributed by atoms with Gasteiger partial charge in [0.05, 0.1) is 23.2 Å². The Morgan fingerprint density at radius 2 is 1.61 bits per heavy atom. The molecule has 166 valence electrons. The molecule has 0 saturated carbocycles. The number of nitrogens with zero attached hydrogens (tertiary/aromatic N) is 2. The third-order valence-electron chi connectivity index (χ3n) is 5.26. The number of amides is 2. The van der Waals surface area contributed by atoms with E-state index in [9.17, 15) is 18.0 Å². The third kappa shape index (κ3) is 5.85. The summed E-state index contributed by atoms with van der Waals surface area (Å²) < 4.78 is 25.9. The van der Waals surface area contributed by atoms with Gasteiger partial charge < -0.3 is 10.2 Å². The molecule has 0 atom stereocenters. The largest absolute Gasteiger partial charge is 0.339 e. The maximum atomic E-state index is 12.9. The molecule has 1 aliphatic heterocycles. The van der Waals surface area contributed by atoms with Crippen LogP contribution >= 0.6 is 0 Å². The molecule has 2 amide bonds. The highest BCUT2D eigenvalue weighted by Gasteiger charge is 2.24. The van der Waals surface area contributed by atoms with Crippen LogP contribution in [0.1, 0.15) is 40.7 Å². The molecule has 0 unspecified atom stereocenters. The smallest absolute Gasteiger partial charge is 0.255 e. The van der Waals surface area contributed by atoms with Crippen molar-refractivity contribution in [2.24, 2.45) is 0 Å². The lowest BCUT2D eigenvalue weighted by atomic mass is 10.1. The maximum absolute atomic E-state index is 12.9. The molecule has 8 heteroatoms. The number of likely N-dealkylation sites (tertiary alicyclic amines) is 1. The number of anilines is 2. The number of hydrogen-bond acceptors (Lipinski definition) is 4. The summed E-state index contributed by atoms with van der Waals surface area (Å²) in [6.45, 7) is 4.78. The van der Waals surface area contributed by atoms with E-state index < -0.39 is 15.9 Å². The lowest BCUT2D eigenvalue weighted by molar-refractivity contribution is -0.114. The van der Waals surface area contributed by atoms with E-state index in [0.717, 1.165) is 41.0 Å². The van der Waals surface area contributed by atoms with E-state index in [-0.39, 0.29) is 12.5 Å². The topological polar surface area (TPSA) is 86.8 Å². The van der Waals surface area contributed by atoms with Crippen molar-refractivity contribution in [2.75, 3.05) is 35.5 Å². The molecule has 0 aliphatic carbocycles. The zero-order valence-corrected chi connectivity index (χ0v) is 19.0. The van der Waals surface area contributed by atoms with Gasteiger partial charge in [-0.15, -0.1) is 0 Å². The molecule has 0 bridgehead atoms. The van der Waals surface area contributed by atoms with Gasteiger partial charge in [-0.3, -0.25) is 13.9 Å². The molecular weight excluding hydrogens is 414 g/mol. The second-order valence-corrected chi connectivity index (χ2v) is 9.97. The normalized spacial score (nSPS) is 14.2. The van der Waals surface area contributed by atoms with E-state index in [2.05, 4.69) is 5.32 Å². The minimum atomic E-state index is -3.69.